The Labute approximate surface area is 120 Å². The molecule has 0 aliphatic carbocycles. The Morgan fingerprint density at radius 1 is 1.05 bits per heavy atom. The molecule has 0 radical (unpaired) electrons. The molecule has 0 aliphatic rings. The third-order valence-electron chi connectivity index (χ3n) is 2.92. The molecule has 0 unspecified atom stereocenters. The van der Waals surface area contributed by atoms with Crippen molar-refractivity contribution in [1.29, 1.82) is 0 Å². The fourth-order valence-electron chi connectivity index (χ4n) is 1.89. The molecular weight excluding hydrogens is 268 g/mol. The molecule has 0 atom stereocenters. The van der Waals surface area contributed by atoms with Crippen LogP contribution in [-0.2, 0) is 0 Å². The van der Waals surface area contributed by atoms with E-state index in [9.17, 15) is 0 Å². The summed E-state index contributed by atoms with van der Waals surface area (Å²) in [7, 11) is 0. The van der Waals surface area contributed by atoms with Gasteiger partial charge >= 0.3 is 0 Å². The maximum absolute atomic E-state index is 5.71. The average Bonchev–Trinajstić information content (AvgIpc) is 2.87. The van der Waals surface area contributed by atoms with Gasteiger partial charge in [0.25, 0.3) is 0 Å². The molecule has 3 aromatic rings. The molecule has 1 aromatic carbocycles. The molecule has 0 spiro atoms. The van der Waals surface area contributed by atoms with Crippen LogP contribution < -0.4 is 22.7 Å². The first-order valence-corrected chi connectivity index (χ1v) is 6.19. The van der Waals surface area contributed by atoms with Gasteiger partial charge in [-0.15, -0.1) is 5.10 Å². The van der Waals surface area contributed by atoms with Gasteiger partial charge in [-0.25, -0.2) is 15.5 Å². The van der Waals surface area contributed by atoms with Gasteiger partial charge in [-0.05, 0) is 0 Å². The summed E-state index contributed by atoms with van der Waals surface area (Å²) in [4.78, 5) is 8.57. The van der Waals surface area contributed by atoms with Gasteiger partial charge in [-0.1, -0.05) is 30.3 Å². The third kappa shape index (κ3) is 2.47. The highest BCUT2D eigenvalue weighted by Crippen LogP contribution is 2.21. The molecule has 0 bridgehead atoms. The number of aromatic nitrogens is 4. The summed E-state index contributed by atoms with van der Waals surface area (Å²) < 4.78 is 1.49. The molecule has 3 rings (SSSR count). The van der Waals surface area contributed by atoms with Crippen molar-refractivity contribution in [3.8, 4) is 17.1 Å². The van der Waals surface area contributed by atoms with Crippen molar-refractivity contribution in [2.24, 2.45) is 5.84 Å². The van der Waals surface area contributed by atoms with E-state index in [2.05, 4.69) is 20.5 Å². The number of nitrogens with one attached hydrogen (secondary N) is 1. The SMILES string of the molecule is NNc1nc(-c2ccccc2)cc(-n2cc(N)c(N)n2)n1. The minimum absolute atomic E-state index is 0.247. The first kappa shape index (κ1) is 12.9. The molecule has 0 saturated carbocycles. The molecule has 0 saturated heterocycles. The minimum Gasteiger partial charge on any atom is -0.394 e. The molecule has 7 N–H and O–H groups in total. The van der Waals surface area contributed by atoms with Gasteiger partial charge in [0, 0.05) is 11.6 Å². The predicted molar refractivity (Wildman–Crippen MR) is 81.2 cm³/mol. The largest absolute Gasteiger partial charge is 0.394 e. The van der Waals surface area contributed by atoms with Crippen molar-refractivity contribution >= 4 is 17.5 Å². The van der Waals surface area contributed by atoms with Crippen LogP contribution in [0.1, 0.15) is 0 Å². The number of hydrogen-bond donors (Lipinski definition) is 4. The zero-order valence-corrected chi connectivity index (χ0v) is 11.1. The van der Waals surface area contributed by atoms with E-state index in [0.29, 0.717) is 17.2 Å². The lowest BCUT2D eigenvalue weighted by molar-refractivity contribution is 0.845. The molecule has 106 valence electrons. The summed E-state index contributed by atoms with van der Waals surface area (Å²) in [6.45, 7) is 0. The maximum Gasteiger partial charge on any atom is 0.239 e. The summed E-state index contributed by atoms with van der Waals surface area (Å²) in [6, 6.07) is 11.5. The maximum atomic E-state index is 5.71. The molecule has 8 nitrogen and oxygen atoms in total. The Hall–Kier alpha value is -3.13. The number of hydrazine groups is 1. The van der Waals surface area contributed by atoms with Crippen LogP contribution in [0, 0.1) is 0 Å². The molecule has 0 aliphatic heterocycles. The van der Waals surface area contributed by atoms with Crippen molar-refractivity contribution in [2.45, 2.75) is 0 Å². The van der Waals surface area contributed by atoms with Crippen LogP contribution in [0.25, 0.3) is 17.1 Å². The van der Waals surface area contributed by atoms with Gasteiger partial charge in [-0.3, -0.25) is 5.43 Å². The summed E-state index contributed by atoms with van der Waals surface area (Å²) >= 11 is 0. The van der Waals surface area contributed by atoms with Gasteiger partial charge in [0.2, 0.25) is 5.95 Å². The zero-order chi connectivity index (χ0) is 14.8. The third-order valence-corrected chi connectivity index (χ3v) is 2.92. The zero-order valence-electron chi connectivity index (χ0n) is 11.1. The van der Waals surface area contributed by atoms with Crippen LogP contribution >= 0.6 is 0 Å². The molecule has 8 heteroatoms. The van der Waals surface area contributed by atoms with Crippen molar-refractivity contribution in [3.63, 3.8) is 0 Å². The number of nitrogen functional groups attached to an aromatic ring is 3. The monoisotopic (exact) mass is 282 g/mol. The Morgan fingerprint density at radius 2 is 1.81 bits per heavy atom. The van der Waals surface area contributed by atoms with Gasteiger partial charge in [0.05, 0.1) is 17.6 Å². The lowest BCUT2D eigenvalue weighted by Gasteiger charge is -2.07. The standard InChI is InChI=1S/C13H14N8/c14-9-7-21(20-12(9)15)11-6-10(17-13(18-11)19-16)8-4-2-1-3-5-8/h1-7H,14,16H2,(H2,15,20)(H,17,18,19). The number of nitrogens with zero attached hydrogens (tertiary/aromatic N) is 4. The average molecular weight is 282 g/mol. The molecule has 2 aromatic heterocycles. The lowest BCUT2D eigenvalue weighted by atomic mass is 10.1. The van der Waals surface area contributed by atoms with Crippen LogP contribution in [-0.4, -0.2) is 19.7 Å². The lowest BCUT2D eigenvalue weighted by Crippen LogP contribution is -2.13. The summed E-state index contributed by atoms with van der Waals surface area (Å²) in [6.07, 6.45) is 1.59. The fraction of sp³-hybridized carbons (Fsp3) is 0. The van der Waals surface area contributed by atoms with Crippen LogP contribution in [0.3, 0.4) is 0 Å². The highest BCUT2D eigenvalue weighted by atomic mass is 15.4. The van der Waals surface area contributed by atoms with E-state index < -0.39 is 0 Å². The first-order chi connectivity index (χ1) is 10.2. The van der Waals surface area contributed by atoms with Gasteiger partial charge in [0.1, 0.15) is 0 Å². The number of hydrogen-bond acceptors (Lipinski definition) is 7. The minimum atomic E-state index is 0.247. The van der Waals surface area contributed by atoms with Gasteiger partial charge in [-0.2, -0.15) is 4.98 Å². The van der Waals surface area contributed by atoms with E-state index in [1.807, 2.05) is 30.3 Å². The number of benzene rings is 1. The topological polar surface area (TPSA) is 134 Å². The fourth-order valence-corrected chi connectivity index (χ4v) is 1.89. The predicted octanol–water partition coefficient (Wildman–Crippen LogP) is 0.779. The van der Waals surface area contributed by atoms with Crippen molar-refractivity contribution in [1.82, 2.24) is 19.7 Å². The normalized spacial score (nSPS) is 10.5. The van der Waals surface area contributed by atoms with Crippen LogP contribution in [0.4, 0.5) is 17.5 Å². The molecule has 0 amide bonds. The van der Waals surface area contributed by atoms with Crippen molar-refractivity contribution in [3.05, 3.63) is 42.6 Å². The number of anilines is 3. The van der Waals surface area contributed by atoms with Crippen LogP contribution in [0.5, 0.6) is 0 Å². The Bertz CT molecular complexity index is 746. The van der Waals surface area contributed by atoms with Crippen molar-refractivity contribution < 1.29 is 0 Å². The molecule has 0 fully saturated rings. The number of rotatable bonds is 3. The van der Waals surface area contributed by atoms with Crippen LogP contribution in [0.2, 0.25) is 0 Å². The molecular formula is C13H14N8. The van der Waals surface area contributed by atoms with E-state index in [4.69, 9.17) is 17.3 Å². The summed E-state index contributed by atoms with van der Waals surface area (Å²) in [5.74, 6) is 6.46. The number of nitrogens with two attached hydrogens (primary N) is 3. The van der Waals surface area contributed by atoms with E-state index in [1.54, 1.807) is 12.3 Å². The quantitative estimate of drug-likeness (QED) is 0.412. The van der Waals surface area contributed by atoms with Gasteiger partial charge in [0.15, 0.2) is 11.6 Å². The highest BCUT2D eigenvalue weighted by molar-refractivity contribution is 5.63. The first-order valence-electron chi connectivity index (χ1n) is 6.19. The van der Waals surface area contributed by atoms with Crippen molar-refractivity contribution in [2.75, 3.05) is 16.9 Å². The van der Waals surface area contributed by atoms with E-state index in [1.165, 1.54) is 4.68 Å². The molecule has 21 heavy (non-hydrogen) atoms. The summed E-state index contributed by atoms with van der Waals surface area (Å²) in [5.41, 5.74) is 15.8. The highest BCUT2D eigenvalue weighted by Gasteiger charge is 2.10. The Morgan fingerprint density at radius 3 is 2.43 bits per heavy atom. The van der Waals surface area contributed by atoms with E-state index in [0.717, 1.165) is 5.56 Å². The Kier molecular flexibility index (Phi) is 3.13. The van der Waals surface area contributed by atoms with Gasteiger partial charge < -0.3 is 11.5 Å². The van der Waals surface area contributed by atoms with E-state index >= 15 is 0 Å². The summed E-state index contributed by atoms with van der Waals surface area (Å²) in [5, 5.41) is 4.10. The van der Waals surface area contributed by atoms with Crippen LogP contribution in [0.15, 0.2) is 42.6 Å². The van der Waals surface area contributed by atoms with E-state index in [-0.39, 0.29) is 11.8 Å². The Balaban J connectivity index is 2.13. The second-order valence-corrected chi connectivity index (χ2v) is 4.36. The second-order valence-electron chi connectivity index (χ2n) is 4.36. The second kappa shape index (κ2) is 5.10. The molecule has 2 heterocycles. The smallest absolute Gasteiger partial charge is 0.239 e.